The molecule has 2 N–H and O–H groups in total. The molecule has 4 atom stereocenters. The molecule has 0 saturated heterocycles. The number of hydrogen-bond acceptors (Lipinski definition) is 4. The Bertz CT molecular complexity index is 1130. The van der Waals surface area contributed by atoms with Crippen molar-refractivity contribution in [1.82, 2.24) is 10.2 Å². The predicted molar refractivity (Wildman–Crippen MR) is 162 cm³/mol. The third-order valence-electron chi connectivity index (χ3n) is 7.43. The van der Waals surface area contributed by atoms with Crippen molar-refractivity contribution in [2.24, 2.45) is 5.92 Å². The maximum absolute atomic E-state index is 14.4. The van der Waals surface area contributed by atoms with Gasteiger partial charge in [-0.2, -0.15) is 0 Å². The number of hydrogen-bond donors (Lipinski definition) is 2. The molecule has 2 aromatic rings. The molecule has 0 bridgehead atoms. The molecule has 0 spiro atoms. The zero-order valence-corrected chi connectivity index (χ0v) is 26.1. The number of alkyl carbamates (subject to hydrolysis) is 1. The molecule has 7 nitrogen and oxygen atoms in total. The Morgan fingerprint density at radius 3 is 1.95 bits per heavy atom. The van der Waals surface area contributed by atoms with Gasteiger partial charge in [0.15, 0.2) is 0 Å². The number of anilines is 1. The van der Waals surface area contributed by atoms with E-state index in [1.807, 2.05) is 84.0 Å². The summed E-state index contributed by atoms with van der Waals surface area (Å²) >= 11 is 0. The van der Waals surface area contributed by atoms with E-state index in [0.717, 1.165) is 34.4 Å². The fourth-order valence-electron chi connectivity index (χ4n) is 4.65. The molecule has 4 unspecified atom stereocenters. The zero-order chi connectivity index (χ0) is 30.2. The van der Waals surface area contributed by atoms with Crippen LogP contribution in [-0.2, 0) is 20.7 Å². The molecule has 0 aliphatic carbocycles. The van der Waals surface area contributed by atoms with E-state index < -0.39 is 23.8 Å². The molecule has 7 heteroatoms. The van der Waals surface area contributed by atoms with Gasteiger partial charge >= 0.3 is 6.09 Å². The number of nitrogens with one attached hydrogen (secondary N) is 2. The Labute approximate surface area is 241 Å². The molecule has 0 aliphatic rings. The SMILES string of the molecule is CCc1ccc(C(C(=O)Nc2c(C)cccc2C)N(C(=O)C(NC(=O)OC(C)(C)C)C(C)CC)C(C)CC)cc1. The van der Waals surface area contributed by atoms with Gasteiger partial charge in [-0.15, -0.1) is 0 Å². The number of nitrogens with zero attached hydrogens (tertiary/aromatic N) is 1. The van der Waals surface area contributed by atoms with Gasteiger partial charge < -0.3 is 20.3 Å². The maximum atomic E-state index is 14.4. The molecule has 0 fully saturated rings. The fourth-order valence-corrected chi connectivity index (χ4v) is 4.65. The summed E-state index contributed by atoms with van der Waals surface area (Å²) in [5, 5.41) is 5.96. The molecular weight excluding hydrogens is 502 g/mol. The normalized spacial score (nSPS) is 14.4. The summed E-state index contributed by atoms with van der Waals surface area (Å²) in [6, 6.07) is 11.7. The van der Waals surface area contributed by atoms with Gasteiger partial charge in [0, 0.05) is 11.7 Å². The summed E-state index contributed by atoms with van der Waals surface area (Å²) in [6.45, 7) is 19.2. The van der Waals surface area contributed by atoms with Crippen LogP contribution < -0.4 is 10.6 Å². The van der Waals surface area contributed by atoms with Gasteiger partial charge in [0.05, 0.1) is 0 Å². The van der Waals surface area contributed by atoms with Crippen molar-refractivity contribution in [2.45, 2.75) is 112 Å². The monoisotopic (exact) mass is 551 g/mol. The van der Waals surface area contributed by atoms with Crippen molar-refractivity contribution in [2.75, 3.05) is 5.32 Å². The first-order valence-electron chi connectivity index (χ1n) is 14.5. The van der Waals surface area contributed by atoms with Crippen LogP contribution in [0.5, 0.6) is 0 Å². The van der Waals surface area contributed by atoms with Crippen LogP contribution in [0.15, 0.2) is 42.5 Å². The third kappa shape index (κ3) is 8.57. The minimum absolute atomic E-state index is 0.184. The van der Waals surface area contributed by atoms with Crippen LogP contribution in [0.4, 0.5) is 10.5 Å². The van der Waals surface area contributed by atoms with Crippen LogP contribution in [0, 0.1) is 19.8 Å². The number of aryl methyl sites for hydroxylation is 3. The molecule has 3 amide bonds. The van der Waals surface area contributed by atoms with E-state index >= 15 is 0 Å². The summed E-state index contributed by atoms with van der Waals surface area (Å²) in [5.41, 5.74) is 3.78. The average Bonchev–Trinajstić information content (AvgIpc) is 2.90. The Hall–Kier alpha value is -3.35. The van der Waals surface area contributed by atoms with Gasteiger partial charge in [-0.25, -0.2) is 4.79 Å². The van der Waals surface area contributed by atoms with Crippen LogP contribution in [0.25, 0.3) is 0 Å². The first-order valence-corrected chi connectivity index (χ1v) is 14.5. The van der Waals surface area contributed by atoms with E-state index in [1.54, 1.807) is 25.7 Å². The molecule has 0 aliphatic heterocycles. The van der Waals surface area contributed by atoms with Crippen LogP contribution >= 0.6 is 0 Å². The van der Waals surface area contributed by atoms with E-state index in [9.17, 15) is 14.4 Å². The minimum atomic E-state index is -0.903. The highest BCUT2D eigenvalue weighted by Gasteiger charge is 2.40. The van der Waals surface area contributed by atoms with Crippen LogP contribution in [0.1, 0.15) is 96.5 Å². The smallest absolute Gasteiger partial charge is 0.408 e. The van der Waals surface area contributed by atoms with Crippen molar-refractivity contribution in [3.05, 3.63) is 64.7 Å². The van der Waals surface area contributed by atoms with Crippen LogP contribution in [0.3, 0.4) is 0 Å². The first kappa shape index (κ1) is 32.9. The molecule has 40 heavy (non-hydrogen) atoms. The number of rotatable bonds is 11. The van der Waals surface area contributed by atoms with E-state index in [1.165, 1.54) is 0 Å². The third-order valence-corrected chi connectivity index (χ3v) is 7.43. The van der Waals surface area contributed by atoms with Crippen molar-refractivity contribution in [3.8, 4) is 0 Å². The molecule has 0 heterocycles. The van der Waals surface area contributed by atoms with Crippen LogP contribution in [0.2, 0.25) is 0 Å². The lowest BCUT2D eigenvalue weighted by Gasteiger charge is -2.39. The lowest BCUT2D eigenvalue weighted by Crippen LogP contribution is -2.56. The number of amides is 3. The molecular formula is C33H49N3O4. The predicted octanol–water partition coefficient (Wildman–Crippen LogP) is 7.11. The summed E-state index contributed by atoms with van der Waals surface area (Å²) in [7, 11) is 0. The first-order chi connectivity index (χ1) is 18.7. The van der Waals surface area contributed by atoms with Crippen molar-refractivity contribution in [3.63, 3.8) is 0 Å². The van der Waals surface area contributed by atoms with E-state index in [4.69, 9.17) is 4.74 Å². The van der Waals surface area contributed by atoms with Gasteiger partial charge in [-0.05, 0) is 82.6 Å². The Morgan fingerprint density at radius 2 is 1.48 bits per heavy atom. The molecule has 220 valence electrons. The maximum Gasteiger partial charge on any atom is 0.408 e. The summed E-state index contributed by atoms with van der Waals surface area (Å²) in [6.07, 6.45) is 1.50. The standard InChI is InChI=1S/C33H49N3O4/c1-11-21(4)28(35-32(39)40-33(8,9)10)31(38)36(24(7)12-2)29(26-19-17-25(13-3)18-20-26)30(37)34-27-22(5)15-14-16-23(27)6/h14-21,24,28-29H,11-13H2,1-10H3,(H,34,37)(H,35,39). The second kappa shape index (κ2) is 14.3. The molecule has 0 radical (unpaired) electrons. The topological polar surface area (TPSA) is 87.7 Å². The summed E-state index contributed by atoms with van der Waals surface area (Å²) < 4.78 is 5.50. The highest BCUT2D eigenvalue weighted by Crippen LogP contribution is 2.30. The second-order valence-corrected chi connectivity index (χ2v) is 11.8. The average molecular weight is 552 g/mol. The van der Waals surface area contributed by atoms with Crippen LogP contribution in [-0.4, -0.2) is 40.5 Å². The Morgan fingerprint density at radius 1 is 0.900 bits per heavy atom. The molecule has 0 aromatic heterocycles. The highest BCUT2D eigenvalue weighted by molar-refractivity contribution is 6.00. The van der Waals surface area contributed by atoms with Gasteiger partial charge in [0.25, 0.3) is 5.91 Å². The molecule has 2 aromatic carbocycles. The van der Waals surface area contributed by atoms with Crippen molar-refractivity contribution in [1.29, 1.82) is 0 Å². The van der Waals surface area contributed by atoms with Crippen molar-refractivity contribution < 1.29 is 19.1 Å². The van der Waals surface area contributed by atoms with E-state index in [0.29, 0.717) is 12.8 Å². The quantitative estimate of drug-likeness (QED) is 0.311. The Balaban J connectivity index is 2.64. The number of carbonyl (C=O) groups is 3. The van der Waals surface area contributed by atoms with Crippen molar-refractivity contribution >= 4 is 23.6 Å². The lowest BCUT2D eigenvalue weighted by molar-refractivity contribution is -0.144. The van der Waals surface area contributed by atoms with Gasteiger partial charge in [-0.1, -0.05) is 76.6 Å². The summed E-state index contributed by atoms with van der Waals surface area (Å²) in [4.78, 5) is 43.1. The molecule has 0 saturated carbocycles. The second-order valence-electron chi connectivity index (χ2n) is 11.8. The Kier molecular flexibility index (Phi) is 11.8. The number of carbonyl (C=O) groups excluding carboxylic acids is 3. The zero-order valence-electron chi connectivity index (χ0n) is 26.1. The number of benzene rings is 2. The van der Waals surface area contributed by atoms with Gasteiger partial charge in [0.1, 0.15) is 17.7 Å². The highest BCUT2D eigenvalue weighted by atomic mass is 16.6. The van der Waals surface area contributed by atoms with Gasteiger partial charge in [0.2, 0.25) is 5.91 Å². The minimum Gasteiger partial charge on any atom is -0.444 e. The summed E-state index contributed by atoms with van der Waals surface area (Å²) in [5.74, 6) is -0.789. The number of ether oxygens (including phenoxy) is 1. The molecule has 2 rings (SSSR count). The number of para-hydroxylation sites is 1. The van der Waals surface area contributed by atoms with E-state index in [-0.39, 0.29) is 23.8 Å². The largest absolute Gasteiger partial charge is 0.444 e. The van der Waals surface area contributed by atoms with E-state index in [2.05, 4.69) is 17.6 Å². The lowest BCUT2D eigenvalue weighted by atomic mass is 9.93. The van der Waals surface area contributed by atoms with Gasteiger partial charge in [-0.3, -0.25) is 9.59 Å². The fraction of sp³-hybridized carbons (Fsp3) is 0.545.